The third-order valence-corrected chi connectivity index (χ3v) is 3.84. The summed E-state index contributed by atoms with van der Waals surface area (Å²) in [6.07, 6.45) is 0.816. The van der Waals surface area contributed by atoms with Crippen molar-refractivity contribution in [2.75, 3.05) is 29.9 Å². The zero-order valence-corrected chi connectivity index (χ0v) is 11.7. The molecule has 0 radical (unpaired) electrons. The van der Waals surface area contributed by atoms with Gasteiger partial charge in [-0.05, 0) is 36.2 Å². The number of benzene rings is 1. The van der Waals surface area contributed by atoms with E-state index in [0.717, 1.165) is 30.2 Å². The van der Waals surface area contributed by atoms with Gasteiger partial charge < -0.3 is 9.80 Å². The van der Waals surface area contributed by atoms with Crippen molar-refractivity contribution in [1.82, 2.24) is 9.59 Å². The first-order chi connectivity index (χ1) is 9.66. The number of fused-ring (bicyclic) bond motifs is 1. The van der Waals surface area contributed by atoms with Crippen LogP contribution in [0, 0.1) is 5.82 Å². The van der Waals surface area contributed by atoms with Gasteiger partial charge in [0.05, 0.1) is 11.4 Å². The summed E-state index contributed by atoms with van der Waals surface area (Å²) in [5.74, 6) is -0.589. The Morgan fingerprint density at radius 2 is 2.20 bits per heavy atom. The Balaban J connectivity index is 2.06. The van der Waals surface area contributed by atoms with Gasteiger partial charge in [-0.3, -0.25) is 4.79 Å². The van der Waals surface area contributed by atoms with Crippen molar-refractivity contribution in [2.24, 2.45) is 0 Å². The van der Waals surface area contributed by atoms with E-state index in [1.54, 1.807) is 16.3 Å². The monoisotopic (exact) mass is 292 g/mol. The molecule has 0 atom stereocenters. The Bertz CT molecular complexity index is 631. The highest BCUT2D eigenvalue weighted by molar-refractivity contribution is 7.03. The van der Waals surface area contributed by atoms with Crippen molar-refractivity contribution in [3.8, 4) is 0 Å². The number of nitrogens with zero attached hydrogens (tertiary/aromatic N) is 4. The molecule has 2 aromatic rings. The summed E-state index contributed by atoms with van der Waals surface area (Å²) < 4.78 is 17.3. The van der Waals surface area contributed by atoms with Gasteiger partial charge in [-0.1, -0.05) is 4.49 Å². The average Bonchev–Trinajstić information content (AvgIpc) is 2.91. The Morgan fingerprint density at radius 3 is 2.95 bits per heavy atom. The first-order valence-electron chi connectivity index (χ1n) is 6.26. The molecule has 0 unspecified atom stereocenters. The van der Waals surface area contributed by atoms with E-state index in [-0.39, 0.29) is 11.7 Å². The molecule has 1 aliphatic rings. The van der Waals surface area contributed by atoms with Gasteiger partial charge in [0, 0.05) is 25.5 Å². The summed E-state index contributed by atoms with van der Waals surface area (Å²) in [7, 11) is 1.94. The molecule has 2 heterocycles. The fourth-order valence-electron chi connectivity index (χ4n) is 2.35. The number of rotatable bonds is 1. The SMILES string of the molecule is CN1CCCN(C(=O)c2csnn2)c2cc(F)ccc21. The van der Waals surface area contributed by atoms with E-state index in [2.05, 4.69) is 9.59 Å². The maximum absolute atomic E-state index is 13.6. The van der Waals surface area contributed by atoms with Crippen LogP contribution in [0.4, 0.5) is 15.8 Å². The Labute approximate surface area is 119 Å². The molecule has 0 aliphatic carbocycles. The van der Waals surface area contributed by atoms with Gasteiger partial charge in [0.1, 0.15) is 5.82 Å². The Hall–Kier alpha value is -2.02. The van der Waals surface area contributed by atoms with Gasteiger partial charge in [0.15, 0.2) is 5.69 Å². The summed E-state index contributed by atoms with van der Waals surface area (Å²) in [6, 6.07) is 4.51. The first-order valence-corrected chi connectivity index (χ1v) is 7.10. The highest BCUT2D eigenvalue weighted by atomic mass is 32.1. The molecule has 7 heteroatoms. The maximum Gasteiger partial charge on any atom is 0.279 e. The van der Waals surface area contributed by atoms with Crippen molar-refractivity contribution in [2.45, 2.75) is 6.42 Å². The topological polar surface area (TPSA) is 49.3 Å². The molecule has 0 spiro atoms. The average molecular weight is 292 g/mol. The normalized spacial score (nSPS) is 14.9. The molecule has 104 valence electrons. The van der Waals surface area contributed by atoms with E-state index in [4.69, 9.17) is 0 Å². The number of hydrogen-bond acceptors (Lipinski definition) is 5. The molecule has 0 saturated carbocycles. The predicted octanol–water partition coefficient (Wildman–Crippen LogP) is 2.16. The van der Waals surface area contributed by atoms with Crippen molar-refractivity contribution in [3.63, 3.8) is 0 Å². The molecular formula is C13H13FN4OS. The minimum absolute atomic E-state index is 0.235. The molecule has 20 heavy (non-hydrogen) atoms. The van der Waals surface area contributed by atoms with Crippen molar-refractivity contribution in [3.05, 3.63) is 35.1 Å². The van der Waals surface area contributed by atoms with Gasteiger partial charge in [0.25, 0.3) is 5.91 Å². The summed E-state index contributed by atoms with van der Waals surface area (Å²) in [5, 5.41) is 5.41. The predicted molar refractivity (Wildman–Crippen MR) is 75.9 cm³/mol. The summed E-state index contributed by atoms with van der Waals surface area (Å²) in [4.78, 5) is 16.1. The molecule has 5 nitrogen and oxygen atoms in total. The van der Waals surface area contributed by atoms with Crippen LogP contribution in [-0.2, 0) is 0 Å². The zero-order chi connectivity index (χ0) is 14.1. The molecule has 0 bridgehead atoms. The number of halogens is 1. The van der Waals surface area contributed by atoms with Crippen LogP contribution in [0.25, 0.3) is 0 Å². The lowest BCUT2D eigenvalue weighted by molar-refractivity contribution is 0.0982. The van der Waals surface area contributed by atoms with Crippen molar-refractivity contribution >= 4 is 28.8 Å². The summed E-state index contributed by atoms with van der Waals surface area (Å²) >= 11 is 1.13. The van der Waals surface area contributed by atoms with Crippen LogP contribution in [-0.4, -0.2) is 35.6 Å². The van der Waals surface area contributed by atoms with Gasteiger partial charge in [-0.15, -0.1) is 5.10 Å². The largest absolute Gasteiger partial charge is 0.373 e. The number of anilines is 2. The fraction of sp³-hybridized carbons (Fsp3) is 0.308. The van der Waals surface area contributed by atoms with Crippen molar-refractivity contribution in [1.29, 1.82) is 0 Å². The maximum atomic E-state index is 13.6. The fourth-order valence-corrected chi connectivity index (χ4v) is 2.78. The first kappa shape index (κ1) is 13.0. The van der Waals surface area contributed by atoms with Gasteiger partial charge >= 0.3 is 0 Å². The van der Waals surface area contributed by atoms with E-state index >= 15 is 0 Å². The van der Waals surface area contributed by atoms with Crippen LogP contribution in [0.2, 0.25) is 0 Å². The van der Waals surface area contributed by atoms with Crippen LogP contribution < -0.4 is 9.80 Å². The van der Waals surface area contributed by atoms with Crippen LogP contribution in [0.5, 0.6) is 0 Å². The highest BCUT2D eigenvalue weighted by Gasteiger charge is 2.26. The Morgan fingerprint density at radius 1 is 1.35 bits per heavy atom. The molecular weight excluding hydrogens is 279 g/mol. The number of carbonyl (C=O) groups excluding carboxylic acids is 1. The number of hydrogen-bond donors (Lipinski definition) is 0. The number of amides is 1. The minimum atomic E-state index is -0.353. The third-order valence-electron chi connectivity index (χ3n) is 3.34. The summed E-state index contributed by atoms with van der Waals surface area (Å²) in [5.41, 5.74) is 1.73. The molecule has 1 aromatic heterocycles. The molecule has 1 aliphatic heterocycles. The third kappa shape index (κ3) is 2.24. The lowest BCUT2D eigenvalue weighted by Crippen LogP contribution is -2.31. The van der Waals surface area contributed by atoms with Crippen LogP contribution in [0.3, 0.4) is 0 Å². The standard InChI is InChI=1S/C13H13FN4OS/c1-17-5-2-6-18(13(19)10-8-20-16-15-10)12-7-9(14)3-4-11(12)17/h3-4,7-8H,2,5-6H2,1H3. The van der Waals surface area contributed by atoms with E-state index in [9.17, 15) is 9.18 Å². The van der Waals surface area contributed by atoms with E-state index in [0.29, 0.717) is 17.9 Å². The van der Waals surface area contributed by atoms with E-state index < -0.39 is 0 Å². The lowest BCUT2D eigenvalue weighted by atomic mass is 10.2. The quantitative estimate of drug-likeness (QED) is 0.808. The van der Waals surface area contributed by atoms with Crippen molar-refractivity contribution < 1.29 is 9.18 Å². The van der Waals surface area contributed by atoms with Crippen LogP contribution in [0.1, 0.15) is 16.9 Å². The summed E-state index contributed by atoms with van der Waals surface area (Å²) in [6.45, 7) is 1.36. The molecule has 1 amide bonds. The molecule has 1 aromatic carbocycles. The molecule has 0 fully saturated rings. The Kier molecular flexibility index (Phi) is 3.35. The van der Waals surface area contributed by atoms with Gasteiger partial charge in [-0.25, -0.2) is 4.39 Å². The van der Waals surface area contributed by atoms with Gasteiger partial charge in [-0.2, -0.15) is 0 Å². The minimum Gasteiger partial charge on any atom is -0.373 e. The van der Waals surface area contributed by atoms with Crippen LogP contribution in [0.15, 0.2) is 23.6 Å². The van der Waals surface area contributed by atoms with E-state index in [1.807, 2.05) is 11.9 Å². The smallest absolute Gasteiger partial charge is 0.279 e. The molecule has 0 saturated heterocycles. The molecule has 3 rings (SSSR count). The number of carbonyl (C=O) groups is 1. The second-order valence-electron chi connectivity index (χ2n) is 4.66. The van der Waals surface area contributed by atoms with Gasteiger partial charge in [0.2, 0.25) is 0 Å². The highest BCUT2D eigenvalue weighted by Crippen LogP contribution is 2.33. The lowest BCUT2D eigenvalue weighted by Gasteiger charge is -2.23. The molecule has 0 N–H and O–H groups in total. The second kappa shape index (κ2) is 5.16. The second-order valence-corrected chi connectivity index (χ2v) is 5.26. The zero-order valence-electron chi connectivity index (χ0n) is 10.9. The van der Waals surface area contributed by atoms with Crippen LogP contribution >= 0.6 is 11.5 Å². The number of aromatic nitrogens is 2. The van der Waals surface area contributed by atoms with E-state index in [1.165, 1.54) is 12.1 Å².